The highest BCUT2D eigenvalue weighted by Crippen LogP contribution is 2.14. The highest BCUT2D eigenvalue weighted by atomic mass is 15.3. The molecule has 15 heavy (non-hydrogen) atoms. The second-order valence-electron chi connectivity index (χ2n) is 3.70. The van der Waals surface area contributed by atoms with Gasteiger partial charge in [-0.2, -0.15) is 4.98 Å². The first-order valence-corrected chi connectivity index (χ1v) is 5.24. The number of hydrazine groups is 1. The normalized spacial score (nSPS) is 12.3. The second-order valence-corrected chi connectivity index (χ2v) is 3.70. The van der Waals surface area contributed by atoms with Crippen LogP contribution < -0.4 is 16.6 Å². The van der Waals surface area contributed by atoms with Gasteiger partial charge >= 0.3 is 0 Å². The predicted octanol–water partition coefficient (Wildman–Crippen LogP) is 1.67. The van der Waals surface area contributed by atoms with Crippen LogP contribution in [0.4, 0.5) is 11.8 Å². The molecule has 0 radical (unpaired) electrons. The van der Waals surface area contributed by atoms with Crippen LogP contribution in [-0.2, 0) is 0 Å². The number of nitrogens with two attached hydrogens (primary N) is 1. The molecule has 1 unspecified atom stereocenters. The highest BCUT2D eigenvalue weighted by molar-refractivity contribution is 5.46. The number of anilines is 2. The fraction of sp³-hybridized carbons (Fsp3) is 0.600. The molecule has 5 heteroatoms. The number of nitrogens with one attached hydrogen (secondary N) is 2. The standard InChI is InChI=1S/C10H19N5/c1-4-5-8(3)13-9-7(2)6-12-10(14-9)15-11/h6,8H,4-5,11H2,1-3H3,(H2,12,13,14,15). The van der Waals surface area contributed by atoms with Gasteiger partial charge in [0.15, 0.2) is 0 Å². The molecular formula is C10H19N5. The quantitative estimate of drug-likeness (QED) is 0.508. The fourth-order valence-corrected chi connectivity index (χ4v) is 1.40. The number of aryl methyl sites for hydroxylation is 1. The zero-order chi connectivity index (χ0) is 11.3. The van der Waals surface area contributed by atoms with Crippen LogP contribution in [-0.4, -0.2) is 16.0 Å². The van der Waals surface area contributed by atoms with Gasteiger partial charge in [-0.05, 0) is 20.3 Å². The molecule has 0 aromatic carbocycles. The van der Waals surface area contributed by atoms with Crippen molar-refractivity contribution < 1.29 is 0 Å². The van der Waals surface area contributed by atoms with E-state index in [0.29, 0.717) is 12.0 Å². The summed E-state index contributed by atoms with van der Waals surface area (Å²) in [6.45, 7) is 6.28. The zero-order valence-corrected chi connectivity index (χ0v) is 9.54. The maximum absolute atomic E-state index is 5.26. The highest BCUT2D eigenvalue weighted by Gasteiger charge is 2.06. The van der Waals surface area contributed by atoms with E-state index < -0.39 is 0 Å². The second kappa shape index (κ2) is 5.50. The molecule has 1 atom stereocenters. The van der Waals surface area contributed by atoms with E-state index in [1.54, 1.807) is 6.20 Å². The van der Waals surface area contributed by atoms with Crippen molar-refractivity contribution in [3.05, 3.63) is 11.8 Å². The summed E-state index contributed by atoms with van der Waals surface area (Å²) in [5.74, 6) is 6.54. The van der Waals surface area contributed by atoms with Gasteiger partial charge in [-0.1, -0.05) is 13.3 Å². The van der Waals surface area contributed by atoms with E-state index in [1.165, 1.54) is 0 Å². The van der Waals surface area contributed by atoms with Crippen LogP contribution in [0, 0.1) is 6.92 Å². The smallest absolute Gasteiger partial charge is 0.239 e. The van der Waals surface area contributed by atoms with Gasteiger partial charge in [-0.25, -0.2) is 10.8 Å². The van der Waals surface area contributed by atoms with Crippen molar-refractivity contribution in [2.45, 2.75) is 39.7 Å². The first kappa shape index (κ1) is 11.7. The molecule has 1 rings (SSSR count). The van der Waals surface area contributed by atoms with Crippen molar-refractivity contribution in [3.8, 4) is 0 Å². The topological polar surface area (TPSA) is 75.9 Å². The van der Waals surface area contributed by atoms with Crippen LogP contribution in [0.1, 0.15) is 32.3 Å². The third-order valence-electron chi connectivity index (χ3n) is 2.21. The molecule has 1 heterocycles. The molecule has 0 fully saturated rings. The van der Waals surface area contributed by atoms with Crippen molar-refractivity contribution in [2.75, 3.05) is 10.7 Å². The zero-order valence-electron chi connectivity index (χ0n) is 9.54. The summed E-state index contributed by atoms with van der Waals surface area (Å²) < 4.78 is 0. The minimum absolute atomic E-state index is 0.411. The van der Waals surface area contributed by atoms with E-state index in [4.69, 9.17) is 5.84 Å². The Balaban J connectivity index is 2.74. The molecule has 5 nitrogen and oxygen atoms in total. The Kier molecular flexibility index (Phi) is 4.30. The average molecular weight is 209 g/mol. The summed E-state index contributed by atoms with van der Waals surface area (Å²) in [5.41, 5.74) is 3.46. The fourth-order valence-electron chi connectivity index (χ4n) is 1.40. The molecule has 0 aliphatic carbocycles. The average Bonchev–Trinajstić information content (AvgIpc) is 2.21. The van der Waals surface area contributed by atoms with Crippen LogP contribution in [0.25, 0.3) is 0 Å². The van der Waals surface area contributed by atoms with Crippen LogP contribution in [0.5, 0.6) is 0 Å². The van der Waals surface area contributed by atoms with Gasteiger partial charge in [0, 0.05) is 17.8 Å². The monoisotopic (exact) mass is 209 g/mol. The molecule has 0 saturated heterocycles. The van der Waals surface area contributed by atoms with E-state index in [0.717, 1.165) is 24.2 Å². The Labute approximate surface area is 90.5 Å². The molecule has 0 aliphatic heterocycles. The maximum Gasteiger partial charge on any atom is 0.239 e. The van der Waals surface area contributed by atoms with Crippen molar-refractivity contribution in [2.24, 2.45) is 5.84 Å². The summed E-state index contributed by atoms with van der Waals surface area (Å²) in [4.78, 5) is 8.28. The number of hydrogen-bond acceptors (Lipinski definition) is 5. The van der Waals surface area contributed by atoms with Crippen molar-refractivity contribution in [3.63, 3.8) is 0 Å². The number of hydrogen-bond donors (Lipinski definition) is 3. The Morgan fingerprint density at radius 1 is 1.53 bits per heavy atom. The van der Waals surface area contributed by atoms with Crippen LogP contribution in [0.2, 0.25) is 0 Å². The molecule has 0 amide bonds. The Bertz CT molecular complexity index is 313. The van der Waals surface area contributed by atoms with Gasteiger partial charge in [-0.3, -0.25) is 5.43 Å². The molecule has 1 aromatic heterocycles. The largest absolute Gasteiger partial charge is 0.367 e. The van der Waals surface area contributed by atoms with E-state index in [-0.39, 0.29) is 0 Å². The molecule has 4 N–H and O–H groups in total. The van der Waals surface area contributed by atoms with Gasteiger partial charge in [0.1, 0.15) is 5.82 Å². The molecule has 0 aliphatic rings. The molecule has 1 aromatic rings. The minimum atomic E-state index is 0.411. The lowest BCUT2D eigenvalue weighted by atomic mass is 10.2. The van der Waals surface area contributed by atoms with Gasteiger partial charge in [0.05, 0.1) is 0 Å². The lowest BCUT2D eigenvalue weighted by molar-refractivity contribution is 0.686. The lowest BCUT2D eigenvalue weighted by Crippen LogP contribution is -2.18. The lowest BCUT2D eigenvalue weighted by Gasteiger charge is -2.15. The van der Waals surface area contributed by atoms with E-state index in [2.05, 4.69) is 34.6 Å². The van der Waals surface area contributed by atoms with Crippen LogP contribution >= 0.6 is 0 Å². The van der Waals surface area contributed by atoms with Gasteiger partial charge in [0.25, 0.3) is 0 Å². The summed E-state index contributed by atoms with van der Waals surface area (Å²) in [5, 5.41) is 3.34. The van der Waals surface area contributed by atoms with E-state index >= 15 is 0 Å². The summed E-state index contributed by atoms with van der Waals surface area (Å²) in [7, 11) is 0. The summed E-state index contributed by atoms with van der Waals surface area (Å²) in [6.07, 6.45) is 4.03. The van der Waals surface area contributed by atoms with E-state index in [1.807, 2.05) is 6.92 Å². The minimum Gasteiger partial charge on any atom is -0.367 e. The third-order valence-corrected chi connectivity index (χ3v) is 2.21. The molecule has 84 valence electrons. The first-order valence-electron chi connectivity index (χ1n) is 5.24. The summed E-state index contributed by atoms with van der Waals surface area (Å²) >= 11 is 0. The van der Waals surface area contributed by atoms with Gasteiger partial charge in [-0.15, -0.1) is 0 Å². The van der Waals surface area contributed by atoms with Crippen molar-refractivity contribution in [1.29, 1.82) is 0 Å². The van der Waals surface area contributed by atoms with E-state index in [9.17, 15) is 0 Å². The van der Waals surface area contributed by atoms with Gasteiger partial charge in [0.2, 0.25) is 5.95 Å². The maximum atomic E-state index is 5.26. The molecule has 0 spiro atoms. The predicted molar refractivity (Wildman–Crippen MR) is 62.6 cm³/mol. The Morgan fingerprint density at radius 3 is 2.87 bits per heavy atom. The third kappa shape index (κ3) is 3.36. The molecule has 0 saturated carbocycles. The molecule has 0 bridgehead atoms. The number of aromatic nitrogens is 2. The Hall–Kier alpha value is -1.36. The first-order chi connectivity index (χ1) is 7.17. The van der Waals surface area contributed by atoms with Gasteiger partial charge < -0.3 is 5.32 Å². The molecular weight excluding hydrogens is 190 g/mol. The van der Waals surface area contributed by atoms with Crippen LogP contribution in [0.3, 0.4) is 0 Å². The van der Waals surface area contributed by atoms with Crippen molar-refractivity contribution in [1.82, 2.24) is 9.97 Å². The van der Waals surface area contributed by atoms with Crippen LogP contribution in [0.15, 0.2) is 6.20 Å². The number of rotatable bonds is 5. The number of nitrogens with zero attached hydrogens (tertiary/aromatic N) is 2. The Morgan fingerprint density at radius 2 is 2.27 bits per heavy atom. The van der Waals surface area contributed by atoms with Crippen molar-refractivity contribution >= 4 is 11.8 Å². The summed E-state index contributed by atoms with van der Waals surface area (Å²) in [6, 6.07) is 0.411. The SMILES string of the molecule is CCCC(C)Nc1nc(NN)ncc1C. The number of nitrogen functional groups attached to an aromatic ring is 1.